The van der Waals surface area contributed by atoms with Gasteiger partial charge in [0.2, 0.25) is 0 Å². The van der Waals surface area contributed by atoms with Gasteiger partial charge in [-0.1, -0.05) is 30.2 Å². The standard InChI is InChI=1S/C13H9ClINO2S/c1-4-10-11(14)7-9(5-6-19-15)13(12(10)16-3)18-8(2)17/h4,7H,1,3H2,2H3. The zero-order chi connectivity index (χ0) is 14.4. The first-order valence-corrected chi connectivity index (χ1v) is 8.71. The monoisotopic (exact) mass is 405 g/mol. The molecule has 0 radical (unpaired) electrons. The largest absolute Gasteiger partial charge is 0.423 e. The van der Waals surface area contributed by atoms with Gasteiger partial charge in [0.1, 0.15) is 5.69 Å². The first kappa shape index (κ1) is 16.1. The van der Waals surface area contributed by atoms with Crippen molar-refractivity contribution >= 4 is 66.2 Å². The number of hydrogen-bond acceptors (Lipinski definition) is 4. The SMILES string of the molecule is C=Cc1c(Cl)cc(C#CSI)c(OC(C)=O)c1N=C. The summed E-state index contributed by atoms with van der Waals surface area (Å²) in [6.45, 7) is 8.43. The van der Waals surface area contributed by atoms with Crippen LogP contribution in [0, 0.1) is 11.2 Å². The molecule has 0 aromatic heterocycles. The molecule has 98 valence electrons. The zero-order valence-electron chi connectivity index (χ0n) is 10.00. The Morgan fingerprint density at radius 2 is 2.37 bits per heavy atom. The van der Waals surface area contributed by atoms with Crippen molar-refractivity contribution in [1.29, 1.82) is 0 Å². The van der Waals surface area contributed by atoms with Crippen molar-refractivity contribution in [3.63, 3.8) is 0 Å². The minimum absolute atomic E-state index is 0.250. The Bertz CT molecular complexity index is 605. The predicted molar refractivity (Wildman–Crippen MR) is 90.6 cm³/mol. The lowest BCUT2D eigenvalue weighted by Crippen LogP contribution is -2.04. The molecule has 1 rings (SSSR count). The average Bonchev–Trinajstić information content (AvgIpc) is 2.37. The van der Waals surface area contributed by atoms with E-state index in [4.69, 9.17) is 16.3 Å². The van der Waals surface area contributed by atoms with E-state index in [2.05, 4.69) is 29.5 Å². The van der Waals surface area contributed by atoms with Crippen LogP contribution >= 0.6 is 41.7 Å². The van der Waals surface area contributed by atoms with Crippen LogP contribution in [0.5, 0.6) is 5.75 Å². The first-order chi connectivity index (χ1) is 9.04. The zero-order valence-corrected chi connectivity index (χ0v) is 13.7. The van der Waals surface area contributed by atoms with Gasteiger partial charge in [0.15, 0.2) is 5.75 Å². The Labute approximate surface area is 133 Å². The van der Waals surface area contributed by atoms with Gasteiger partial charge < -0.3 is 4.74 Å². The van der Waals surface area contributed by atoms with Crippen molar-refractivity contribution < 1.29 is 9.53 Å². The molecular formula is C13H9ClINO2S. The Hall–Kier alpha value is -0.970. The maximum Gasteiger partial charge on any atom is 0.308 e. The Morgan fingerprint density at radius 3 is 2.84 bits per heavy atom. The summed E-state index contributed by atoms with van der Waals surface area (Å²) in [7, 11) is 1.31. The summed E-state index contributed by atoms with van der Waals surface area (Å²) < 4.78 is 5.17. The van der Waals surface area contributed by atoms with Crippen molar-refractivity contribution in [3.05, 3.63) is 28.8 Å². The third-order valence-electron chi connectivity index (χ3n) is 2.08. The fraction of sp³-hybridized carbons (Fsp3) is 0.0769. The van der Waals surface area contributed by atoms with Crippen LogP contribution in [0.15, 0.2) is 17.6 Å². The molecule has 0 fully saturated rings. The molecule has 0 saturated heterocycles. The number of nitrogens with zero attached hydrogens (tertiary/aromatic N) is 1. The lowest BCUT2D eigenvalue weighted by Gasteiger charge is -2.12. The number of carbonyl (C=O) groups is 1. The summed E-state index contributed by atoms with van der Waals surface area (Å²) in [5.74, 6) is 2.64. The molecule has 0 amide bonds. The van der Waals surface area contributed by atoms with E-state index in [0.29, 0.717) is 21.8 Å². The van der Waals surface area contributed by atoms with E-state index in [-0.39, 0.29) is 5.75 Å². The molecule has 0 heterocycles. The number of hydrogen-bond donors (Lipinski definition) is 0. The van der Waals surface area contributed by atoms with Crippen LogP contribution in [0.3, 0.4) is 0 Å². The van der Waals surface area contributed by atoms with Gasteiger partial charge in [0, 0.05) is 33.7 Å². The molecule has 6 heteroatoms. The van der Waals surface area contributed by atoms with E-state index >= 15 is 0 Å². The Balaban J connectivity index is 3.62. The van der Waals surface area contributed by atoms with Crippen molar-refractivity contribution in [3.8, 4) is 16.9 Å². The Kier molecular flexibility index (Phi) is 6.42. The van der Waals surface area contributed by atoms with Crippen molar-refractivity contribution in [2.45, 2.75) is 6.92 Å². The highest BCUT2D eigenvalue weighted by atomic mass is 127. The molecule has 1 aromatic rings. The summed E-state index contributed by atoms with van der Waals surface area (Å²) in [4.78, 5) is 15.1. The molecule has 0 aliphatic rings. The number of rotatable bonds is 3. The lowest BCUT2D eigenvalue weighted by atomic mass is 10.1. The number of esters is 1. The predicted octanol–water partition coefficient (Wildman–Crippen LogP) is 4.63. The number of halogens is 2. The van der Waals surface area contributed by atoms with Crippen molar-refractivity contribution in [1.82, 2.24) is 0 Å². The second kappa shape index (κ2) is 7.58. The summed E-state index contributed by atoms with van der Waals surface area (Å²) >= 11 is 8.17. The number of aliphatic imine (C=N–C) groups is 1. The van der Waals surface area contributed by atoms with Crippen LogP contribution in [-0.4, -0.2) is 12.7 Å². The fourth-order valence-electron chi connectivity index (χ4n) is 1.40. The number of benzene rings is 1. The van der Waals surface area contributed by atoms with Gasteiger partial charge in [0.05, 0.1) is 10.6 Å². The van der Waals surface area contributed by atoms with Crippen LogP contribution in [0.1, 0.15) is 18.1 Å². The lowest BCUT2D eigenvalue weighted by molar-refractivity contribution is -0.131. The van der Waals surface area contributed by atoms with Crippen LogP contribution in [0.25, 0.3) is 6.08 Å². The molecule has 0 bridgehead atoms. The third-order valence-corrected chi connectivity index (χ3v) is 3.23. The van der Waals surface area contributed by atoms with Gasteiger partial charge in [-0.2, -0.15) is 0 Å². The molecule has 0 saturated carbocycles. The molecule has 0 aliphatic carbocycles. The maximum atomic E-state index is 11.2. The fourth-order valence-corrected chi connectivity index (χ4v) is 2.15. The van der Waals surface area contributed by atoms with Gasteiger partial charge in [-0.05, 0) is 27.0 Å². The second-order valence-electron chi connectivity index (χ2n) is 3.26. The van der Waals surface area contributed by atoms with Crippen molar-refractivity contribution in [2.75, 3.05) is 0 Å². The highest BCUT2D eigenvalue weighted by molar-refractivity contribution is 14.2. The van der Waals surface area contributed by atoms with E-state index in [1.54, 1.807) is 6.07 Å². The summed E-state index contributed by atoms with van der Waals surface area (Å²) in [5.41, 5.74) is 1.40. The van der Waals surface area contributed by atoms with E-state index < -0.39 is 5.97 Å². The topological polar surface area (TPSA) is 38.7 Å². The van der Waals surface area contributed by atoms with E-state index in [9.17, 15) is 4.79 Å². The van der Waals surface area contributed by atoms with Gasteiger partial charge in [0.25, 0.3) is 0 Å². The van der Waals surface area contributed by atoms with Crippen molar-refractivity contribution in [2.24, 2.45) is 4.99 Å². The highest BCUT2D eigenvalue weighted by Crippen LogP contribution is 2.40. The van der Waals surface area contributed by atoms with Gasteiger partial charge in [-0.3, -0.25) is 9.79 Å². The van der Waals surface area contributed by atoms with E-state index in [1.165, 1.54) is 21.9 Å². The molecule has 0 N–H and O–H groups in total. The number of carbonyl (C=O) groups excluding carboxylic acids is 1. The van der Waals surface area contributed by atoms with Crippen LogP contribution in [0.2, 0.25) is 5.02 Å². The van der Waals surface area contributed by atoms with E-state index in [1.807, 2.05) is 21.2 Å². The van der Waals surface area contributed by atoms with Gasteiger partial charge >= 0.3 is 5.97 Å². The molecule has 0 aliphatic heterocycles. The quantitative estimate of drug-likeness (QED) is 0.242. The molecule has 0 unspecified atom stereocenters. The molecule has 3 nitrogen and oxygen atoms in total. The molecule has 0 atom stereocenters. The first-order valence-electron chi connectivity index (χ1n) is 4.97. The molecule has 1 aromatic carbocycles. The second-order valence-corrected chi connectivity index (χ2v) is 5.34. The molecule has 0 spiro atoms. The maximum absolute atomic E-state index is 11.2. The summed E-state index contributed by atoms with van der Waals surface area (Å²) in [6.07, 6.45) is 1.53. The highest BCUT2D eigenvalue weighted by Gasteiger charge is 2.17. The smallest absolute Gasteiger partial charge is 0.308 e. The van der Waals surface area contributed by atoms with Gasteiger partial charge in [-0.25, -0.2) is 0 Å². The molecular weight excluding hydrogens is 397 g/mol. The van der Waals surface area contributed by atoms with Crippen LogP contribution < -0.4 is 4.74 Å². The minimum Gasteiger partial charge on any atom is -0.423 e. The Morgan fingerprint density at radius 1 is 1.68 bits per heavy atom. The average molecular weight is 406 g/mol. The van der Waals surface area contributed by atoms with Crippen LogP contribution in [-0.2, 0) is 4.79 Å². The van der Waals surface area contributed by atoms with Crippen LogP contribution in [0.4, 0.5) is 5.69 Å². The normalized spacial score (nSPS) is 9.21. The van der Waals surface area contributed by atoms with Gasteiger partial charge in [-0.15, -0.1) is 0 Å². The number of ether oxygens (including phenoxy) is 1. The summed E-state index contributed by atoms with van der Waals surface area (Å²) in [5, 5.41) is 3.24. The third kappa shape index (κ3) is 4.00. The molecule has 19 heavy (non-hydrogen) atoms. The minimum atomic E-state index is -0.465. The summed E-state index contributed by atoms with van der Waals surface area (Å²) in [6, 6.07) is 1.62. The van der Waals surface area contributed by atoms with E-state index in [0.717, 1.165) is 0 Å².